The quantitative estimate of drug-likeness (QED) is 0.902. The second kappa shape index (κ2) is 5.71. The molecule has 1 amide bonds. The number of rotatable bonds is 4. The largest absolute Gasteiger partial charge is 0.381 e. The Kier molecular flexibility index (Phi) is 4.02. The van der Waals surface area contributed by atoms with Gasteiger partial charge in [0.15, 0.2) is 0 Å². The van der Waals surface area contributed by atoms with E-state index in [4.69, 9.17) is 17.3 Å². The lowest BCUT2D eigenvalue weighted by Gasteiger charge is -2.08. The van der Waals surface area contributed by atoms with Gasteiger partial charge in [0, 0.05) is 17.8 Å². The number of carbonyl (C=O) groups is 1. The molecule has 98 valence electrons. The summed E-state index contributed by atoms with van der Waals surface area (Å²) >= 11 is 5.85. The zero-order valence-corrected chi connectivity index (χ0v) is 10.7. The van der Waals surface area contributed by atoms with Gasteiger partial charge in [-0.15, -0.1) is 0 Å². The Bertz CT molecular complexity index is 599. The molecule has 0 fully saturated rings. The van der Waals surface area contributed by atoms with Crippen LogP contribution in [0.25, 0.3) is 0 Å². The molecular weight excluding hydrogens is 267 g/mol. The number of nitrogens with one attached hydrogen (secondary N) is 1. The number of hydrogen-bond acceptors (Lipinski definition) is 2. The van der Waals surface area contributed by atoms with E-state index in [1.54, 1.807) is 36.4 Å². The highest BCUT2D eigenvalue weighted by atomic mass is 35.5. The Morgan fingerprint density at radius 3 is 2.53 bits per heavy atom. The minimum atomic E-state index is -0.472. The highest BCUT2D eigenvalue weighted by molar-refractivity contribution is 6.31. The zero-order valence-electron chi connectivity index (χ0n) is 9.99. The smallest absolute Gasteiger partial charge is 0.248 e. The van der Waals surface area contributed by atoms with Crippen LogP contribution in [0.3, 0.4) is 0 Å². The van der Waals surface area contributed by atoms with Gasteiger partial charge in [0.2, 0.25) is 5.91 Å². The molecule has 0 aliphatic carbocycles. The van der Waals surface area contributed by atoms with Gasteiger partial charge in [-0.05, 0) is 35.9 Å². The second-order valence-corrected chi connectivity index (χ2v) is 4.39. The molecule has 0 aliphatic heterocycles. The molecule has 19 heavy (non-hydrogen) atoms. The van der Waals surface area contributed by atoms with Gasteiger partial charge in [0.1, 0.15) is 5.82 Å². The standard InChI is InChI=1S/C14H12ClFN2O/c15-13-10(2-1-3-12(13)16)8-18-11-6-4-9(5-7-11)14(17)19/h1-7,18H,8H2,(H2,17,19). The molecular formula is C14H12ClFN2O. The molecule has 3 nitrogen and oxygen atoms in total. The van der Waals surface area contributed by atoms with E-state index in [-0.39, 0.29) is 5.02 Å². The van der Waals surface area contributed by atoms with Crippen molar-refractivity contribution >= 4 is 23.2 Å². The van der Waals surface area contributed by atoms with Crippen molar-refractivity contribution in [3.05, 3.63) is 64.4 Å². The predicted molar refractivity (Wildman–Crippen MR) is 73.7 cm³/mol. The lowest BCUT2D eigenvalue weighted by atomic mass is 10.2. The molecule has 0 spiro atoms. The fraction of sp³-hybridized carbons (Fsp3) is 0.0714. The average Bonchev–Trinajstić information content (AvgIpc) is 2.41. The summed E-state index contributed by atoms with van der Waals surface area (Å²) in [6, 6.07) is 11.4. The molecule has 3 N–H and O–H groups in total. The van der Waals surface area contributed by atoms with E-state index in [0.717, 1.165) is 5.69 Å². The summed E-state index contributed by atoms with van der Waals surface area (Å²) in [5, 5.41) is 3.21. The molecule has 0 aromatic heterocycles. The van der Waals surface area contributed by atoms with Gasteiger partial charge in [0.25, 0.3) is 0 Å². The first-order valence-corrected chi connectivity index (χ1v) is 6.02. The first-order valence-electron chi connectivity index (χ1n) is 5.64. The minimum absolute atomic E-state index is 0.115. The van der Waals surface area contributed by atoms with E-state index >= 15 is 0 Å². The fourth-order valence-corrected chi connectivity index (χ4v) is 1.83. The van der Waals surface area contributed by atoms with Gasteiger partial charge in [0.05, 0.1) is 5.02 Å². The Balaban J connectivity index is 2.06. The first kappa shape index (κ1) is 13.4. The molecule has 0 radical (unpaired) electrons. The Morgan fingerprint density at radius 1 is 1.21 bits per heavy atom. The van der Waals surface area contributed by atoms with Crippen LogP contribution in [0.2, 0.25) is 5.02 Å². The Labute approximate surface area is 115 Å². The van der Waals surface area contributed by atoms with Crippen molar-refractivity contribution in [2.24, 2.45) is 5.73 Å². The van der Waals surface area contributed by atoms with Crippen LogP contribution in [-0.2, 0) is 6.54 Å². The van der Waals surface area contributed by atoms with Crippen molar-refractivity contribution in [3.63, 3.8) is 0 Å². The summed E-state index contributed by atoms with van der Waals surface area (Å²) in [4.78, 5) is 10.9. The van der Waals surface area contributed by atoms with Gasteiger partial charge in [-0.2, -0.15) is 0 Å². The van der Waals surface area contributed by atoms with Crippen LogP contribution in [0.15, 0.2) is 42.5 Å². The number of carbonyl (C=O) groups excluding carboxylic acids is 1. The third-order valence-electron chi connectivity index (χ3n) is 2.68. The summed E-state index contributed by atoms with van der Waals surface area (Å²) in [5.74, 6) is -0.912. The average molecular weight is 279 g/mol. The molecule has 0 heterocycles. The SMILES string of the molecule is NC(=O)c1ccc(NCc2cccc(F)c2Cl)cc1. The number of hydrogen-bond donors (Lipinski definition) is 2. The number of nitrogens with two attached hydrogens (primary N) is 1. The Morgan fingerprint density at radius 2 is 1.89 bits per heavy atom. The lowest BCUT2D eigenvalue weighted by molar-refractivity contribution is 0.100. The number of anilines is 1. The maximum atomic E-state index is 13.2. The number of benzene rings is 2. The first-order chi connectivity index (χ1) is 9.08. The van der Waals surface area contributed by atoms with Crippen molar-refractivity contribution in [2.75, 3.05) is 5.32 Å². The fourth-order valence-electron chi connectivity index (χ4n) is 1.63. The van der Waals surface area contributed by atoms with Crippen LogP contribution in [0.4, 0.5) is 10.1 Å². The van der Waals surface area contributed by atoms with Crippen molar-refractivity contribution in [1.82, 2.24) is 0 Å². The van der Waals surface area contributed by atoms with Gasteiger partial charge in [-0.25, -0.2) is 4.39 Å². The van der Waals surface area contributed by atoms with E-state index in [9.17, 15) is 9.18 Å². The van der Waals surface area contributed by atoms with Crippen LogP contribution in [0.5, 0.6) is 0 Å². The molecule has 2 aromatic rings. The lowest BCUT2D eigenvalue weighted by Crippen LogP contribution is -2.10. The monoisotopic (exact) mass is 278 g/mol. The van der Waals surface area contributed by atoms with Gasteiger partial charge >= 0.3 is 0 Å². The molecule has 0 aliphatic rings. The van der Waals surface area contributed by atoms with Gasteiger partial charge in [-0.1, -0.05) is 23.7 Å². The van der Waals surface area contributed by atoms with Gasteiger partial charge in [-0.3, -0.25) is 4.79 Å². The normalized spacial score (nSPS) is 10.2. The molecule has 0 unspecified atom stereocenters. The summed E-state index contributed by atoms with van der Waals surface area (Å²) in [7, 11) is 0. The molecule has 0 bridgehead atoms. The molecule has 2 aromatic carbocycles. The van der Waals surface area contributed by atoms with Gasteiger partial charge < -0.3 is 11.1 Å². The van der Waals surface area contributed by atoms with Crippen LogP contribution in [-0.4, -0.2) is 5.91 Å². The summed E-state index contributed by atoms with van der Waals surface area (Å²) < 4.78 is 13.2. The van der Waals surface area contributed by atoms with E-state index in [1.807, 2.05) is 0 Å². The summed E-state index contributed by atoms with van der Waals surface area (Å²) in [6.07, 6.45) is 0. The molecule has 5 heteroatoms. The second-order valence-electron chi connectivity index (χ2n) is 4.01. The topological polar surface area (TPSA) is 55.1 Å². The highest BCUT2D eigenvalue weighted by Gasteiger charge is 2.05. The van der Waals surface area contributed by atoms with Crippen molar-refractivity contribution in [3.8, 4) is 0 Å². The van der Waals surface area contributed by atoms with E-state index < -0.39 is 11.7 Å². The minimum Gasteiger partial charge on any atom is -0.381 e. The van der Waals surface area contributed by atoms with Crippen molar-refractivity contribution < 1.29 is 9.18 Å². The van der Waals surface area contributed by atoms with Crippen molar-refractivity contribution in [2.45, 2.75) is 6.54 Å². The molecule has 2 rings (SSSR count). The molecule has 0 atom stereocenters. The zero-order chi connectivity index (χ0) is 13.8. The Hall–Kier alpha value is -2.07. The van der Waals surface area contributed by atoms with Crippen LogP contribution in [0, 0.1) is 5.82 Å². The van der Waals surface area contributed by atoms with Crippen molar-refractivity contribution in [1.29, 1.82) is 0 Å². The maximum absolute atomic E-state index is 13.2. The summed E-state index contributed by atoms with van der Waals surface area (Å²) in [6.45, 7) is 0.395. The third-order valence-corrected chi connectivity index (χ3v) is 3.11. The maximum Gasteiger partial charge on any atom is 0.248 e. The highest BCUT2D eigenvalue weighted by Crippen LogP contribution is 2.20. The molecule has 0 saturated heterocycles. The van der Waals surface area contributed by atoms with Crippen LogP contribution < -0.4 is 11.1 Å². The number of halogens is 2. The molecule has 0 saturated carbocycles. The number of amides is 1. The van der Waals surface area contributed by atoms with Crippen LogP contribution in [0.1, 0.15) is 15.9 Å². The van der Waals surface area contributed by atoms with E-state index in [1.165, 1.54) is 6.07 Å². The van der Waals surface area contributed by atoms with E-state index in [2.05, 4.69) is 5.32 Å². The van der Waals surface area contributed by atoms with Crippen LogP contribution >= 0.6 is 11.6 Å². The van der Waals surface area contributed by atoms with E-state index in [0.29, 0.717) is 17.7 Å². The third kappa shape index (κ3) is 3.23. The number of primary amides is 1. The summed E-state index contributed by atoms with van der Waals surface area (Å²) in [5.41, 5.74) is 7.05. The predicted octanol–water partition coefficient (Wildman–Crippen LogP) is 3.19.